The van der Waals surface area contributed by atoms with Gasteiger partial charge in [-0.1, -0.05) is 0 Å². The highest BCUT2D eigenvalue weighted by molar-refractivity contribution is 7.12. The Labute approximate surface area is 112 Å². The van der Waals surface area contributed by atoms with Gasteiger partial charge >= 0.3 is 5.97 Å². The zero-order chi connectivity index (χ0) is 13.4. The van der Waals surface area contributed by atoms with Crippen molar-refractivity contribution >= 4 is 28.2 Å². The Bertz CT molecular complexity index is 747. The number of nitrogens with zero attached hydrogens (tertiary/aromatic N) is 2. The Hall–Kier alpha value is -2.34. The predicted molar refractivity (Wildman–Crippen MR) is 72.5 cm³/mol. The summed E-state index contributed by atoms with van der Waals surface area (Å²) < 4.78 is 6.99. The van der Waals surface area contributed by atoms with E-state index >= 15 is 0 Å². The van der Waals surface area contributed by atoms with Crippen molar-refractivity contribution in [3.63, 3.8) is 0 Å². The molecule has 0 bridgehead atoms. The van der Waals surface area contributed by atoms with E-state index in [9.17, 15) is 4.79 Å². The molecule has 0 aliphatic rings. The summed E-state index contributed by atoms with van der Waals surface area (Å²) in [5, 5.41) is 17.1. The molecule has 0 radical (unpaired) electrons. The summed E-state index contributed by atoms with van der Waals surface area (Å²) in [5.74, 6) is -0.671. The van der Waals surface area contributed by atoms with Gasteiger partial charge in [-0.3, -0.25) is 0 Å². The Morgan fingerprint density at radius 2 is 2.26 bits per heavy atom. The van der Waals surface area contributed by atoms with E-state index in [0.717, 1.165) is 10.5 Å². The van der Waals surface area contributed by atoms with E-state index in [1.54, 1.807) is 28.3 Å². The lowest BCUT2D eigenvalue weighted by molar-refractivity contribution is 0.0693. The number of carbonyl (C=O) groups is 1. The summed E-state index contributed by atoms with van der Waals surface area (Å²) in [6, 6.07) is 7.17. The number of rotatable bonds is 3. The molecule has 0 unspecified atom stereocenters. The minimum Gasteiger partial charge on any atom is -0.495 e. The first-order chi connectivity index (χ1) is 9.22. The van der Waals surface area contributed by atoms with Crippen LogP contribution in [0.2, 0.25) is 0 Å². The molecular formula is C13H10N2O3S. The Kier molecular flexibility index (Phi) is 2.72. The number of fused-ring (bicyclic) bond motifs is 1. The standard InChI is InChI=1S/C13H10N2O3S/c1-18-12-8(13(16)17)4-5-10-9(12)7-14-15(10)11-3-2-6-19-11/h2-7H,1H3,(H,16,17). The van der Waals surface area contributed by atoms with Crippen LogP contribution < -0.4 is 4.74 Å². The van der Waals surface area contributed by atoms with Gasteiger partial charge in [0, 0.05) is 0 Å². The van der Waals surface area contributed by atoms with Crippen molar-refractivity contribution in [3.8, 4) is 10.8 Å². The van der Waals surface area contributed by atoms with Crippen molar-refractivity contribution in [2.75, 3.05) is 7.11 Å². The van der Waals surface area contributed by atoms with E-state index in [2.05, 4.69) is 5.10 Å². The molecule has 0 saturated heterocycles. The SMILES string of the molecule is COc1c(C(=O)O)ccc2c1cnn2-c1cccs1. The van der Waals surface area contributed by atoms with Crippen LogP contribution in [0.5, 0.6) is 5.75 Å². The smallest absolute Gasteiger partial charge is 0.339 e. The van der Waals surface area contributed by atoms with Crippen LogP contribution in [0.4, 0.5) is 0 Å². The summed E-state index contributed by atoms with van der Waals surface area (Å²) in [5.41, 5.74) is 0.963. The zero-order valence-corrected chi connectivity index (χ0v) is 10.8. The van der Waals surface area contributed by atoms with Gasteiger partial charge in [-0.05, 0) is 29.6 Å². The van der Waals surface area contributed by atoms with Crippen molar-refractivity contribution in [2.24, 2.45) is 0 Å². The monoisotopic (exact) mass is 274 g/mol. The number of carboxylic acids is 1. The minimum atomic E-state index is -1.01. The highest BCUT2D eigenvalue weighted by Crippen LogP contribution is 2.31. The fourth-order valence-corrected chi connectivity index (χ4v) is 2.73. The van der Waals surface area contributed by atoms with Crippen molar-refractivity contribution in [3.05, 3.63) is 41.4 Å². The van der Waals surface area contributed by atoms with Crippen LogP contribution in [0.25, 0.3) is 15.9 Å². The highest BCUT2D eigenvalue weighted by atomic mass is 32.1. The quantitative estimate of drug-likeness (QED) is 0.797. The number of methoxy groups -OCH3 is 1. The summed E-state index contributed by atoms with van der Waals surface area (Å²) in [4.78, 5) is 11.2. The van der Waals surface area contributed by atoms with Crippen molar-refractivity contribution in [1.29, 1.82) is 0 Å². The second kappa shape index (κ2) is 4.40. The van der Waals surface area contributed by atoms with Gasteiger partial charge in [0.2, 0.25) is 0 Å². The van der Waals surface area contributed by atoms with Crippen LogP contribution in [-0.2, 0) is 0 Å². The molecule has 5 nitrogen and oxygen atoms in total. The van der Waals surface area contributed by atoms with E-state index in [4.69, 9.17) is 9.84 Å². The summed E-state index contributed by atoms with van der Waals surface area (Å²) >= 11 is 1.56. The van der Waals surface area contributed by atoms with Gasteiger partial charge in [0.15, 0.2) is 0 Å². The minimum absolute atomic E-state index is 0.140. The largest absolute Gasteiger partial charge is 0.495 e. The maximum Gasteiger partial charge on any atom is 0.339 e. The first-order valence-electron chi connectivity index (χ1n) is 5.54. The van der Waals surface area contributed by atoms with Crippen LogP contribution >= 0.6 is 11.3 Å². The van der Waals surface area contributed by atoms with Crippen LogP contribution in [0.1, 0.15) is 10.4 Å². The fraction of sp³-hybridized carbons (Fsp3) is 0.0769. The van der Waals surface area contributed by atoms with Crippen LogP contribution in [0.15, 0.2) is 35.8 Å². The average molecular weight is 274 g/mol. The van der Waals surface area contributed by atoms with Gasteiger partial charge in [0.1, 0.15) is 16.3 Å². The molecule has 3 rings (SSSR count). The molecule has 2 heterocycles. The molecule has 1 aromatic carbocycles. The van der Waals surface area contributed by atoms with Gasteiger partial charge in [-0.15, -0.1) is 11.3 Å². The number of benzene rings is 1. The average Bonchev–Trinajstić information content (AvgIpc) is 3.05. The van der Waals surface area contributed by atoms with Crippen molar-refractivity contribution in [1.82, 2.24) is 9.78 Å². The first-order valence-corrected chi connectivity index (χ1v) is 6.42. The molecule has 0 amide bonds. The van der Waals surface area contributed by atoms with E-state index < -0.39 is 5.97 Å². The number of carboxylic acid groups (broad SMARTS) is 1. The molecular weight excluding hydrogens is 264 g/mol. The molecule has 0 atom stereocenters. The second-order valence-corrected chi connectivity index (χ2v) is 4.82. The topological polar surface area (TPSA) is 64.3 Å². The van der Waals surface area contributed by atoms with Crippen molar-refractivity contribution < 1.29 is 14.6 Å². The van der Waals surface area contributed by atoms with Gasteiger partial charge in [0.05, 0.1) is 24.2 Å². The van der Waals surface area contributed by atoms with Crippen LogP contribution in [-0.4, -0.2) is 28.0 Å². The van der Waals surface area contributed by atoms with Gasteiger partial charge in [0.25, 0.3) is 0 Å². The number of hydrogen-bond donors (Lipinski definition) is 1. The first kappa shape index (κ1) is 11.7. The molecule has 0 spiro atoms. The lowest BCUT2D eigenvalue weighted by atomic mass is 10.1. The molecule has 2 aromatic heterocycles. The number of aromatic nitrogens is 2. The highest BCUT2D eigenvalue weighted by Gasteiger charge is 2.17. The molecule has 0 saturated carbocycles. The maximum atomic E-state index is 11.2. The lowest BCUT2D eigenvalue weighted by Crippen LogP contribution is -2.01. The maximum absolute atomic E-state index is 11.2. The molecule has 19 heavy (non-hydrogen) atoms. The third-order valence-corrected chi connectivity index (χ3v) is 3.70. The fourth-order valence-electron chi connectivity index (χ4n) is 2.03. The summed E-state index contributed by atoms with van der Waals surface area (Å²) in [6.07, 6.45) is 1.63. The van der Waals surface area contributed by atoms with E-state index in [1.807, 2.05) is 17.5 Å². The number of hydrogen-bond acceptors (Lipinski definition) is 4. The summed E-state index contributed by atoms with van der Waals surface area (Å²) in [7, 11) is 1.46. The third kappa shape index (κ3) is 1.77. The van der Waals surface area contributed by atoms with E-state index in [0.29, 0.717) is 11.1 Å². The predicted octanol–water partition coefficient (Wildman–Crippen LogP) is 2.79. The lowest BCUT2D eigenvalue weighted by Gasteiger charge is -2.06. The zero-order valence-electron chi connectivity index (χ0n) is 10.0. The number of ether oxygens (including phenoxy) is 1. The summed E-state index contributed by atoms with van der Waals surface area (Å²) in [6.45, 7) is 0. The molecule has 6 heteroatoms. The van der Waals surface area contributed by atoms with Crippen LogP contribution in [0, 0.1) is 0 Å². The van der Waals surface area contributed by atoms with E-state index in [-0.39, 0.29) is 5.56 Å². The van der Waals surface area contributed by atoms with Gasteiger partial charge < -0.3 is 9.84 Å². The second-order valence-electron chi connectivity index (χ2n) is 3.89. The van der Waals surface area contributed by atoms with E-state index in [1.165, 1.54) is 13.2 Å². The Morgan fingerprint density at radius 3 is 2.89 bits per heavy atom. The Balaban J connectivity index is 2.29. The molecule has 3 aromatic rings. The normalized spacial score (nSPS) is 10.8. The number of aromatic carboxylic acids is 1. The van der Waals surface area contributed by atoms with Gasteiger partial charge in [-0.25, -0.2) is 9.48 Å². The molecule has 0 aliphatic heterocycles. The van der Waals surface area contributed by atoms with Gasteiger partial charge in [-0.2, -0.15) is 5.10 Å². The van der Waals surface area contributed by atoms with Crippen molar-refractivity contribution in [2.45, 2.75) is 0 Å². The van der Waals surface area contributed by atoms with Crippen LogP contribution in [0.3, 0.4) is 0 Å². The Morgan fingerprint density at radius 1 is 1.42 bits per heavy atom. The molecule has 0 fully saturated rings. The molecule has 0 aliphatic carbocycles. The molecule has 1 N–H and O–H groups in total. The third-order valence-electron chi connectivity index (χ3n) is 2.85. The molecule has 96 valence electrons. The number of thiophene rings is 1.